The number of sulfonamides is 1. The fourth-order valence-corrected chi connectivity index (χ4v) is 6.78. The van der Waals surface area contributed by atoms with Gasteiger partial charge in [-0.3, -0.25) is 13.9 Å². The Morgan fingerprint density at radius 1 is 0.907 bits per heavy atom. The Bertz CT molecular complexity index is 1500. The number of nitrogens with one attached hydrogen (secondary N) is 1. The highest BCUT2D eigenvalue weighted by Crippen LogP contribution is 2.26. The summed E-state index contributed by atoms with van der Waals surface area (Å²) >= 11 is 18.5. The van der Waals surface area contributed by atoms with Gasteiger partial charge in [0, 0.05) is 37.0 Å². The number of carbonyl (C=O) groups is 2. The molecule has 11 heteroatoms. The third kappa shape index (κ3) is 9.60. The Hall–Kier alpha value is -2.78. The first kappa shape index (κ1) is 33.1. The lowest BCUT2D eigenvalue weighted by atomic mass is 10.0. The first-order valence-electron chi connectivity index (χ1n) is 14.3. The molecule has 3 aromatic carbocycles. The lowest BCUT2D eigenvalue weighted by Gasteiger charge is -2.33. The molecule has 7 nitrogen and oxygen atoms in total. The molecule has 3 aromatic rings. The summed E-state index contributed by atoms with van der Waals surface area (Å²) < 4.78 is 26.5. The van der Waals surface area contributed by atoms with Gasteiger partial charge in [0.2, 0.25) is 21.8 Å². The minimum Gasteiger partial charge on any atom is -0.352 e. The Morgan fingerprint density at radius 2 is 1.58 bits per heavy atom. The zero-order valence-corrected chi connectivity index (χ0v) is 27.1. The maximum atomic E-state index is 14.0. The summed E-state index contributed by atoms with van der Waals surface area (Å²) in [6, 6.07) is 20.5. The van der Waals surface area contributed by atoms with E-state index in [9.17, 15) is 18.0 Å². The van der Waals surface area contributed by atoms with Crippen LogP contribution in [0.25, 0.3) is 0 Å². The van der Waals surface area contributed by atoms with Gasteiger partial charge >= 0.3 is 0 Å². The Labute approximate surface area is 269 Å². The van der Waals surface area contributed by atoms with Gasteiger partial charge in [-0.1, -0.05) is 84.0 Å². The molecule has 230 valence electrons. The highest BCUT2D eigenvalue weighted by Gasteiger charge is 2.32. The Morgan fingerprint density at radius 3 is 2.21 bits per heavy atom. The van der Waals surface area contributed by atoms with E-state index in [2.05, 4.69) is 5.32 Å². The molecular formula is C32H36Cl3N3O4S. The molecule has 0 aliphatic heterocycles. The second kappa shape index (κ2) is 15.3. The van der Waals surface area contributed by atoms with Crippen molar-refractivity contribution in [2.45, 2.75) is 63.6 Å². The topological polar surface area (TPSA) is 86.8 Å². The highest BCUT2D eigenvalue weighted by molar-refractivity contribution is 7.92. The van der Waals surface area contributed by atoms with Crippen LogP contribution in [-0.4, -0.2) is 50.0 Å². The molecule has 0 saturated heterocycles. The number of hydrogen-bond acceptors (Lipinski definition) is 4. The average Bonchev–Trinajstić information content (AvgIpc) is 3.48. The van der Waals surface area contributed by atoms with Crippen LogP contribution in [0.1, 0.15) is 49.7 Å². The number of anilines is 1. The van der Waals surface area contributed by atoms with Gasteiger partial charge < -0.3 is 10.2 Å². The first-order chi connectivity index (χ1) is 20.5. The molecule has 0 heterocycles. The summed E-state index contributed by atoms with van der Waals surface area (Å²) in [5, 5.41) is 4.42. The molecule has 0 bridgehead atoms. The standard InChI is InChI=1S/C32H36Cl3N3O4S/c1-43(41,42)38(27-16-14-25(33)15-17-27)19-7-12-31(39)37(22-24-13-18-28(34)29(35)20-24)30(21-23-8-3-2-4-9-23)32(40)36-26-10-5-6-11-26/h2-4,8-9,13-18,20,26,30H,5-7,10-12,19,21-22H2,1H3,(H,36,40). The summed E-state index contributed by atoms with van der Waals surface area (Å²) in [4.78, 5) is 29.4. The molecule has 1 fully saturated rings. The number of hydrogen-bond donors (Lipinski definition) is 1. The number of rotatable bonds is 13. The number of benzene rings is 3. The summed E-state index contributed by atoms with van der Waals surface area (Å²) in [5.74, 6) is -0.471. The van der Waals surface area contributed by atoms with E-state index in [1.807, 2.05) is 30.3 Å². The predicted octanol–water partition coefficient (Wildman–Crippen LogP) is 6.89. The SMILES string of the molecule is CS(=O)(=O)N(CCCC(=O)N(Cc1ccc(Cl)c(Cl)c1)C(Cc1ccccc1)C(=O)NC1CCCC1)c1ccc(Cl)cc1. The van der Waals surface area contributed by atoms with Crippen molar-refractivity contribution >= 4 is 62.3 Å². The lowest BCUT2D eigenvalue weighted by molar-refractivity contribution is -0.141. The second-order valence-electron chi connectivity index (χ2n) is 10.9. The maximum absolute atomic E-state index is 14.0. The quantitative estimate of drug-likeness (QED) is 0.216. The average molecular weight is 665 g/mol. The van der Waals surface area contributed by atoms with Gasteiger partial charge in [0.05, 0.1) is 22.0 Å². The molecule has 43 heavy (non-hydrogen) atoms. The highest BCUT2D eigenvalue weighted by atomic mass is 35.5. The van der Waals surface area contributed by atoms with Gasteiger partial charge in [0.15, 0.2) is 0 Å². The van der Waals surface area contributed by atoms with Crippen LogP contribution in [0.15, 0.2) is 72.8 Å². The van der Waals surface area contributed by atoms with Crippen LogP contribution in [0.3, 0.4) is 0 Å². The van der Waals surface area contributed by atoms with Crippen LogP contribution in [0, 0.1) is 0 Å². The largest absolute Gasteiger partial charge is 0.352 e. The van der Waals surface area contributed by atoms with Crippen molar-refractivity contribution in [3.05, 3.63) is 99.0 Å². The van der Waals surface area contributed by atoms with Crippen molar-refractivity contribution in [2.24, 2.45) is 0 Å². The van der Waals surface area contributed by atoms with E-state index in [0.717, 1.165) is 43.1 Å². The zero-order chi connectivity index (χ0) is 31.0. The molecule has 0 radical (unpaired) electrons. The Balaban J connectivity index is 1.60. The van der Waals surface area contributed by atoms with Gasteiger partial charge in [-0.2, -0.15) is 0 Å². The van der Waals surface area contributed by atoms with Gasteiger partial charge in [0.1, 0.15) is 6.04 Å². The second-order valence-corrected chi connectivity index (χ2v) is 14.0. The van der Waals surface area contributed by atoms with E-state index < -0.39 is 16.1 Å². The fourth-order valence-electron chi connectivity index (χ4n) is 5.37. The summed E-state index contributed by atoms with van der Waals surface area (Å²) in [6.07, 6.45) is 5.68. The molecular weight excluding hydrogens is 629 g/mol. The van der Waals surface area contributed by atoms with E-state index in [-0.39, 0.29) is 43.8 Å². The number of halogens is 3. The van der Waals surface area contributed by atoms with E-state index in [1.165, 1.54) is 4.31 Å². The molecule has 1 N–H and O–H groups in total. The fraction of sp³-hybridized carbons (Fsp3) is 0.375. The summed E-state index contributed by atoms with van der Waals surface area (Å²) in [7, 11) is -3.62. The van der Waals surface area contributed by atoms with Gasteiger partial charge in [-0.15, -0.1) is 0 Å². The van der Waals surface area contributed by atoms with Crippen LogP contribution < -0.4 is 9.62 Å². The monoisotopic (exact) mass is 663 g/mol. The smallest absolute Gasteiger partial charge is 0.243 e. The van der Waals surface area contributed by atoms with Gasteiger partial charge in [-0.05, 0) is 66.8 Å². The van der Waals surface area contributed by atoms with Crippen LogP contribution in [0.2, 0.25) is 15.1 Å². The van der Waals surface area contributed by atoms with Crippen LogP contribution >= 0.6 is 34.8 Å². The molecule has 0 spiro atoms. The van der Waals surface area contributed by atoms with Crippen LogP contribution in [-0.2, 0) is 32.6 Å². The minimum atomic E-state index is -3.62. The lowest BCUT2D eigenvalue weighted by Crippen LogP contribution is -2.52. The van der Waals surface area contributed by atoms with Crippen molar-refractivity contribution in [1.82, 2.24) is 10.2 Å². The van der Waals surface area contributed by atoms with Crippen molar-refractivity contribution in [3.63, 3.8) is 0 Å². The van der Waals surface area contributed by atoms with Crippen molar-refractivity contribution < 1.29 is 18.0 Å². The van der Waals surface area contributed by atoms with Crippen molar-refractivity contribution in [2.75, 3.05) is 17.1 Å². The third-order valence-electron chi connectivity index (χ3n) is 7.58. The summed E-state index contributed by atoms with van der Waals surface area (Å²) in [6.45, 7) is 0.225. The molecule has 1 aliphatic rings. The maximum Gasteiger partial charge on any atom is 0.243 e. The molecule has 2 amide bonds. The number of carbonyl (C=O) groups excluding carboxylic acids is 2. The Kier molecular flexibility index (Phi) is 11.8. The molecule has 1 atom stereocenters. The number of amides is 2. The molecule has 0 aromatic heterocycles. The number of nitrogens with zero attached hydrogens (tertiary/aromatic N) is 2. The van der Waals surface area contributed by atoms with Gasteiger partial charge in [0.25, 0.3) is 0 Å². The molecule has 1 aliphatic carbocycles. The van der Waals surface area contributed by atoms with Crippen molar-refractivity contribution in [1.29, 1.82) is 0 Å². The zero-order valence-electron chi connectivity index (χ0n) is 24.0. The normalized spacial score (nSPS) is 14.3. The minimum absolute atomic E-state index is 0.0307. The van der Waals surface area contributed by atoms with Crippen LogP contribution in [0.5, 0.6) is 0 Å². The van der Waals surface area contributed by atoms with E-state index in [1.54, 1.807) is 47.4 Å². The summed E-state index contributed by atoms with van der Waals surface area (Å²) in [5.41, 5.74) is 2.12. The van der Waals surface area contributed by atoms with E-state index in [4.69, 9.17) is 34.8 Å². The van der Waals surface area contributed by atoms with E-state index >= 15 is 0 Å². The molecule has 1 saturated carbocycles. The third-order valence-corrected chi connectivity index (χ3v) is 9.76. The molecule has 1 unspecified atom stereocenters. The molecule has 4 rings (SSSR count). The van der Waals surface area contributed by atoms with Crippen molar-refractivity contribution in [3.8, 4) is 0 Å². The van der Waals surface area contributed by atoms with Gasteiger partial charge in [-0.25, -0.2) is 8.42 Å². The predicted molar refractivity (Wildman–Crippen MR) is 174 cm³/mol. The van der Waals surface area contributed by atoms with E-state index in [0.29, 0.717) is 27.2 Å². The van der Waals surface area contributed by atoms with Crippen LogP contribution in [0.4, 0.5) is 5.69 Å². The first-order valence-corrected chi connectivity index (χ1v) is 17.3.